The molecule has 0 aliphatic carbocycles. The van der Waals surface area contributed by atoms with Crippen LogP contribution in [0.15, 0.2) is 89.4 Å². The molecule has 4 nitrogen and oxygen atoms in total. The van der Waals surface area contributed by atoms with Crippen molar-refractivity contribution in [3.8, 4) is 12.1 Å². The van der Waals surface area contributed by atoms with Crippen molar-refractivity contribution in [3.63, 3.8) is 0 Å². The third-order valence-corrected chi connectivity index (χ3v) is 7.00. The SMILES string of the molecule is N#CC1(C#N)[C@H](c2ccc(Br)cc2)[C@@H](C(=O)c2ccccc2)N2c3ccccc3C=C[C@@H]21. The molecule has 3 atom stereocenters. The van der Waals surface area contributed by atoms with Gasteiger partial charge in [-0.05, 0) is 29.3 Å². The summed E-state index contributed by atoms with van der Waals surface area (Å²) in [7, 11) is 0. The largest absolute Gasteiger partial charge is 0.351 e. The van der Waals surface area contributed by atoms with Crippen LogP contribution in [0.1, 0.15) is 27.4 Å². The zero-order chi connectivity index (χ0) is 22.3. The molecule has 2 heterocycles. The monoisotopic (exact) mass is 479 g/mol. The van der Waals surface area contributed by atoms with E-state index in [0.29, 0.717) is 5.56 Å². The molecule has 3 aromatic rings. The lowest BCUT2D eigenvalue weighted by Gasteiger charge is -2.35. The predicted octanol–water partition coefficient (Wildman–Crippen LogP) is 5.73. The molecule has 1 fully saturated rings. The molecule has 2 aliphatic rings. The van der Waals surface area contributed by atoms with E-state index in [1.165, 1.54) is 0 Å². The molecule has 3 aromatic carbocycles. The summed E-state index contributed by atoms with van der Waals surface area (Å²) < 4.78 is 0.896. The summed E-state index contributed by atoms with van der Waals surface area (Å²) in [6.45, 7) is 0. The van der Waals surface area contributed by atoms with E-state index in [1.807, 2.05) is 83.8 Å². The number of carbonyl (C=O) groups excluding carboxylic acids is 1. The highest BCUT2D eigenvalue weighted by molar-refractivity contribution is 9.10. The highest BCUT2D eigenvalue weighted by atomic mass is 79.9. The molecule has 0 unspecified atom stereocenters. The van der Waals surface area contributed by atoms with E-state index in [2.05, 4.69) is 28.1 Å². The Bertz CT molecular complexity index is 1290. The summed E-state index contributed by atoms with van der Waals surface area (Å²) in [4.78, 5) is 16.0. The summed E-state index contributed by atoms with van der Waals surface area (Å²) in [5.41, 5.74) is 1.77. The van der Waals surface area contributed by atoms with Gasteiger partial charge in [-0.3, -0.25) is 4.79 Å². The van der Waals surface area contributed by atoms with Gasteiger partial charge < -0.3 is 4.90 Å². The van der Waals surface area contributed by atoms with Crippen LogP contribution in [0.25, 0.3) is 6.08 Å². The number of benzene rings is 3. The molecule has 0 spiro atoms. The minimum absolute atomic E-state index is 0.0963. The van der Waals surface area contributed by atoms with Gasteiger partial charge in [0.25, 0.3) is 0 Å². The van der Waals surface area contributed by atoms with E-state index >= 15 is 0 Å². The Kier molecular flexibility index (Phi) is 4.93. The number of rotatable bonds is 3. The van der Waals surface area contributed by atoms with Crippen molar-refractivity contribution < 1.29 is 4.79 Å². The standard InChI is InChI=1S/C27H18BrN3O/c28-21-13-10-19(11-14-21)24-25(26(32)20-7-2-1-3-8-20)31-22-9-5-4-6-18(22)12-15-23(31)27(24,16-29)17-30/h1-15,23-25H/t23-,24-,25+/m1/s1. The van der Waals surface area contributed by atoms with E-state index in [4.69, 9.17) is 0 Å². The van der Waals surface area contributed by atoms with Crippen molar-refractivity contribution in [2.75, 3.05) is 4.90 Å². The predicted molar refractivity (Wildman–Crippen MR) is 127 cm³/mol. The highest BCUT2D eigenvalue weighted by Crippen LogP contribution is 2.55. The van der Waals surface area contributed by atoms with Crippen LogP contribution in [0.3, 0.4) is 0 Å². The molecule has 0 aromatic heterocycles. The van der Waals surface area contributed by atoms with Crippen molar-refractivity contribution in [2.24, 2.45) is 5.41 Å². The van der Waals surface area contributed by atoms with E-state index < -0.39 is 23.4 Å². The van der Waals surface area contributed by atoms with Gasteiger partial charge in [0.05, 0.1) is 18.2 Å². The Morgan fingerprint density at radius 1 is 0.906 bits per heavy atom. The smallest absolute Gasteiger partial charge is 0.185 e. The molecule has 0 N–H and O–H groups in total. The van der Waals surface area contributed by atoms with Crippen LogP contribution in [0.4, 0.5) is 5.69 Å². The summed E-state index contributed by atoms with van der Waals surface area (Å²) in [5, 5.41) is 20.8. The number of fused-ring (bicyclic) bond motifs is 3. The van der Waals surface area contributed by atoms with E-state index in [1.54, 1.807) is 12.1 Å². The van der Waals surface area contributed by atoms with Gasteiger partial charge in [0.1, 0.15) is 6.04 Å². The topological polar surface area (TPSA) is 67.9 Å². The van der Waals surface area contributed by atoms with E-state index in [0.717, 1.165) is 21.3 Å². The fourth-order valence-corrected chi connectivity index (χ4v) is 5.32. The maximum atomic E-state index is 14.0. The second-order valence-electron chi connectivity index (χ2n) is 8.07. The lowest BCUT2D eigenvalue weighted by molar-refractivity contribution is 0.0951. The Labute approximate surface area is 195 Å². The Morgan fingerprint density at radius 2 is 1.56 bits per heavy atom. The van der Waals surface area contributed by atoms with Gasteiger partial charge in [0.2, 0.25) is 0 Å². The Morgan fingerprint density at radius 3 is 2.25 bits per heavy atom. The molecule has 5 heteroatoms. The van der Waals surface area contributed by atoms with Crippen molar-refractivity contribution in [1.29, 1.82) is 10.5 Å². The van der Waals surface area contributed by atoms with Crippen molar-refractivity contribution in [2.45, 2.75) is 18.0 Å². The van der Waals surface area contributed by atoms with Crippen LogP contribution >= 0.6 is 15.9 Å². The number of para-hydroxylation sites is 1. The molecule has 2 aliphatic heterocycles. The normalized spacial score (nSPS) is 22.3. The molecular formula is C27H18BrN3O. The first kappa shape index (κ1) is 20.2. The Balaban J connectivity index is 1.79. The van der Waals surface area contributed by atoms with Crippen LogP contribution in [0.5, 0.6) is 0 Å². The zero-order valence-electron chi connectivity index (χ0n) is 17.0. The van der Waals surface area contributed by atoms with Gasteiger partial charge >= 0.3 is 0 Å². The van der Waals surface area contributed by atoms with Gasteiger partial charge in [-0.1, -0.05) is 88.7 Å². The number of hydrogen-bond donors (Lipinski definition) is 0. The molecule has 1 saturated heterocycles. The fourth-order valence-electron chi connectivity index (χ4n) is 5.05. The minimum Gasteiger partial charge on any atom is -0.351 e. The molecule has 5 rings (SSSR count). The lowest BCUT2D eigenvalue weighted by Crippen LogP contribution is -2.44. The third-order valence-electron chi connectivity index (χ3n) is 6.47. The molecule has 32 heavy (non-hydrogen) atoms. The van der Waals surface area contributed by atoms with Gasteiger partial charge in [-0.2, -0.15) is 10.5 Å². The van der Waals surface area contributed by atoms with Crippen LogP contribution in [0.2, 0.25) is 0 Å². The van der Waals surface area contributed by atoms with Crippen molar-refractivity contribution >= 4 is 33.5 Å². The number of anilines is 1. The first-order valence-corrected chi connectivity index (χ1v) is 11.1. The minimum atomic E-state index is -1.42. The van der Waals surface area contributed by atoms with Gasteiger partial charge in [-0.25, -0.2) is 0 Å². The fraction of sp³-hybridized carbons (Fsp3) is 0.148. The number of hydrogen-bond acceptors (Lipinski definition) is 4. The Hall–Kier alpha value is -3.67. The lowest BCUT2D eigenvalue weighted by atomic mass is 9.69. The van der Waals surface area contributed by atoms with Crippen molar-refractivity contribution in [3.05, 3.63) is 106 Å². The first-order valence-electron chi connectivity index (χ1n) is 10.3. The van der Waals surface area contributed by atoms with Gasteiger partial charge in [0, 0.05) is 21.6 Å². The maximum Gasteiger partial charge on any atom is 0.185 e. The highest BCUT2D eigenvalue weighted by Gasteiger charge is 2.63. The average molecular weight is 480 g/mol. The van der Waals surface area contributed by atoms with Crippen LogP contribution in [-0.4, -0.2) is 17.9 Å². The third kappa shape index (κ3) is 2.90. The van der Waals surface area contributed by atoms with Gasteiger partial charge in [-0.15, -0.1) is 0 Å². The zero-order valence-corrected chi connectivity index (χ0v) is 18.6. The first-order chi connectivity index (χ1) is 15.6. The number of Topliss-reactive ketones (excluding diaryl/α,β-unsaturated/α-hetero) is 1. The van der Waals surface area contributed by atoms with E-state index in [9.17, 15) is 15.3 Å². The van der Waals surface area contributed by atoms with Crippen LogP contribution in [-0.2, 0) is 0 Å². The van der Waals surface area contributed by atoms with Gasteiger partial charge in [0.15, 0.2) is 11.2 Å². The number of carbonyl (C=O) groups is 1. The molecule has 0 bridgehead atoms. The summed E-state index contributed by atoms with van der Waals surface area (Å²) in [5.74, 6) is -0.722. The van der Waals surface area contributed by atoms with Crippen LogP contribution < -0.4 is 4.90 Å². The number of ketones is 1. The maximum absolute atomic E-state index is 14.0. The summed E-state index contributed by atoms with van der Waals surface area (Å²) in [6, 6.07) is 27.9. The summed E-state index contributed by atoms with van der Waals surface area (Å²) >= 11 is 3.46. The molecule has 0 radical (unpaired) electrons. The van der Waals surface area contributed by atoms with Crippen LogP contribution in [0, 0.1) is 28.1 Å². The molecule has 0 saturated carbocycles. The van der Waals surface area contributed by atoms with E-state index in [-0.39, 0.29) is 5.78 Å². The van der Waals surface area contributed by atoms with Crippen molar-refractivity contribution in [1.82, 2.24) is 0 Å². The average Bonchev–Trinajstić information content (AvgIpc) is 3.15. The number of nitriles is 2. The molecule has 0 amide bonds. The number of halogens is 1. The number of nitrogens with zero attached hydrogens (tertiary/aromatic N) is 3. The quantitative estimate of drug-likeness (QED) is 0.449. The second kappa shape index (κ2) is 7.79. The second-order valence-corrected chi connectivity index (χ2v) is 8.98. The summed E-state index contributed by atoms with van der Waals surface area (Å²) in [6.07, 6.45) is 3.85. The molecule has 154 valence electrons. The molecular weight excluding hydrogens is 462 g/mol.